The fourth-order valence-electron chi connectivity index (χ4n) is 1.85. The molecule has 2 aromatic rings. The van der Waals surface area contributed by atoms with Crippen LogP contribution in [0, 0.1) is 31.1 Å². The minimum absolute atomic E-state index is 0.000872. The predicted molar refractivity (Wildman–Crippen MR) is 74.5 cm³/mol. The van der Waals surface area contributed by atoms with Crippen LogP contribution in [0.5, 0.6) is 0 Å². The molecule has 0 saturated carbocycles. The molecule has 0 aliphatic carbocycles. The molecule has 6 heteroatoms. The van der Waals surface area contributed by atoms with Crippen LogP contribution in [0.2, 0.25) is 0 Å². The highest BCUT2D eigenvalue weighted by molar-refractivity contribution is 6.15. The number of hydrogen-bond acceptors (Lipinski definition) is 5. The Labute approximate surface area is 121 Å². The van der Waals surface area contributed by atoms with Crippen LogP contribution in [0.25, 0.3) is 0 Å². The van der Waals surface area contributed by atoms with Gasteiger partial charge in [0.05, 0.1) is 6.07 Å². The number of hydrogen-bond donors (Lipinski definition) is 1. The van der Waals surface area contributed by atoms with Gasteiger partial charge in [-0.05, 0) is 31.5 Å². The number of amides is 1. The lowest BCUT2D eigenvalue weighted by Crippen LogP contribution is -2.29. The van der Waals surface area contributed by atoms with Crippen molar-refractivity contribution in [2.75, 3.05) is 5.32 Å². The van der Waals surface area contributed by atoms with Crippen molar-refractivity contribution >= 4 is 17.4 Å². The van der Waals surface area contributed by atoms with Crippen molar-refractivity contribution in [2.45, 2.75) is 13.8 Å². The molecule has 0 fully saturated rings. The third-order valence-electron chi connectivity index (χ3n) is 2.92. The lowest BCUT2D eigenvalue weighted by Gasteiger charge is -2.09. The van der Waals surface area contributed by atoms with Crippen molar-refractivity contribution in [1.29, 1.82) is 5.26 Å². The maximum atomic E-state index is 12.2. The molecule has 2 rings (SSSR count). The van der Waals surface area contributed by atoms with Gasteiger partial charge in [-0.2, -0.15) is 5.26 Å². The van der Waals surface area contributed by atoms with Crippen molar-refractivity contribution in [1.82, 2.24) is 4.98 Å². The van der Waals surface area contributed by atoms with Crippen molar-refractivity contribution < 1.29 is 14.0 Å². The average Bonchev–Trinajstić information content (AvgIpc) is 2.85. The van der Waals surface area contributed by atoms with E-state index in [1.165, 1.54) is 0 Å². The Morgan fingerprint density at radius 1 is 1.38 bits per heavy atom. The van der Waals surface area contributed by atoms with E-state index in [1.54, 1.807) is 31.2 Å². The van der Waals surface area contributed by atoms with E-state index in [0.717, 1.165) is 12.0 Å². The van der Waals surface area contributed by atoms with E-state index in [2.05, 4.69) is 10.3 Å². The Bertz CT molecular complexity index is 728. The molecule has 1 aromatic carbocycles. The number of carbonyl (C=O) groups excluding carboxylic acids is 2. The molecule has 0 bridgehead atoms. The van der Waals surface area contributed by atoms with Crippen molar-refractivity contribution in [2.24, 2.45) is 5.92 Å². The molecule has 106 valence electrons. The number of benzene rings is 1. The van der Waals surface area contributed by atoms with Crippen LogP contribution in [-0.2, 0) is 4.79 Å². The molecule has 1 N–H and O–H groups in total. The van der Waals surface area contributed by atoms with E-state index in [4.69, 9.17) is 9.68 Å². The fraction of sp³-hybridized carbons (Fsp3) is 0.200. The first-order valence-electron chi connectivity index (χ1n) is 6.24. The smallest absolute Gasteiger partial charge is 0.249 e. The van der Waals surface area contributed by atoms with E-state index in [0.29, 0.717) is 5.69 Å². The zero-order chi connectivity index (χ0) is 15.4. The third-order valence-corrected chi connectivity index (χ3v) is 2.92. The Balaban J connectivity index is 2.18. The molecule has 1 heterocycles. The minimum Gasteiger partial charge on any atom is -0.448 e. The summed E-state index contributed by atoms with van der Waals surface area (Å²) in [5.74, 6) is -2.54. The van der Waals surface area contributed by atoms with Crippen LogP contribution in [0.4, 0.5) is 5.69 Å². The van der Waals surface area contributed by atoms with Crippen molar-refractivity contribution in [3.8, 4) is 6.07 Å². The van der Waals surface area contributed by atoms with Gasteiger partial charge in [0.25, 0.3) is 0 Å². The highest BCUT2D eigenvalue weighted by atomic mass is 16.3. The van der Waals surface area contributed by atoms with E-state index in [1.807, 2.05) is 13.0 Å². The monoisotopic (exact) mass is 283 g/mol. The number of oxazole rings is 1. The molecule has 0 radical (unpaired) electrons. The number of nitrogens with one attached hydrogen (secondary N) is 1. The second-order valence-electron chi connectivity index (χ2n) is 4.54. The van der Waals surface area contributed by atoms with Crippen LogP contribution in [0.3, 0.4) is 0 Å². The molecule has 0 aliphatic heterocycles. The number of ketones is 1. The van der Waals surface area contributed by atoms with Gasteiger partial charge in [-0.15, -0.1) is 0 Å². The summed E-state index contributed by atoms with van der Waals surface area (Å²) >= 11 is 0. The molecule has 0 aliphatic rings. The molecule has 0 saturated heterocycles. The van der Waals surface area contributed by atoms with Gasteiger partial charge < -0.3 is 9.73 Å². The molecule has 1 aromatic heterocycles. The molecule has 0 unspecified atom stereocenters. The standard InChI is InChI=1S/C15H13N3O3/c1-9-4-3-5-11(6-9)18-15(20)12(7-16)14(19)13-10(2)21-8-17-13/h3-6,8,12H,1-2H3,(H,18,20)/t12-/m1/s1. The van der Waals surface area contributed by atoms with Crippen LogP contribution in [-0.4, -0.2) is 16.7 Å². The average molecular weight is 283 g/mol. The lowest BCUT2D eigenvalue weighted by molar-refractivity contribution is -0.117. The van der Waals surface area contributed by atoms with Crippen molar-refractivity contribution in [3.05, 3.63) is 47.7 Å². The van der Waals surface area contributed by atoms with E-state index < -0.39 is 17.6 Å². The van der Waals surface area contributed by atoms with Crippen LogP contribution in [0.15, 0.2) is 35.1 Å². The van der Waals surface area contributed by atoms with Gasteiger partial charge in [0.1, 0.15) is 11.5 Å². The molecule has 1 atom stereocenters. The molecule has 1 amide bonds. The fourth-order valence-corrected chi connectivity index (χ4v) is 1.85. The van der Waals surface area contributed by atoms with E-state index in [-0.39, 0.29) is 11.5 Å². The number of anilines is 1. The first kappa shape index (κ1) is 14.5. The van der Waals surface area contributed by atoms with Gasteiger partial charge in [0.2, 0.25) is 11.7 Å². The summed E-state index contributed by atoms with van der Waals surface area (Å²) in [6.45, 7) is 3.43. The topological polar surface area (TPSA) is 96.0 Å². The highest BCUT2D eigenvalue weighted by Gasteiger charge is 2.30. The molecular weight excluding hydrogens is 270 g/mol. The van der Waals surface area contributed by atoms with Crippen LogP contribution in [0.1, 0.15) is 21.8 Å². The summed E-state index contributed by atoms with van der Waals surface area (Å²) in [5.41, 5.74) is 1.49. The third kappa shape index (κ3) is 3.15. The summed E-state index contributed by atoms with van der Waals surface area (Å²) < 4.78 is 4.92. The normalized spacial score (nSPS) is 11.5. The Hall–Kier alpha value is -2.94. The maximum absolute atomic E-state index is 12.2. The largest absolute Gasteiger partial charge is 0.448 e. The maximum Gasteiger partial charge on any atom is 0.249 e. The number of rotatable bonds is 4. The predicted octanol–water partition coefficient (Wildman–Crippen LogP) is 2.25. The lowest BCUT2D eigenvalue weighted by atomic mass is 10.0. The zero-order valence-corrected chi connectivity index (χ0v) is 11.6. The molecule has 0 spiro atoms. The Kier molecular flexibility index (Phi) is 4.14. The first-order valence-corrected chi connectivity index (χ1v) is 6.24. The minimum atomic E-state index is -1.46. The molecule has 6 nitrogen and oxygen atoms in total. The Morgan fingerprint density at radius 3 is 2.71 bits per heavy atom. The summed E-state index contributed by atoms with van der Waals surface area (Å²) in [6.07, 6.45) is 1.11. The summed E-state index contributed by atoms with van der Waals surface area (Å²) in [4.78, 5) is 28.0. The van der Waals surface area contributed by atoms with Crippen molar-refractivity contribution in [3.63, 3.8) is 0 Å². The van der Waals surface area contributed by atoms with Gasteiger partial charge in [0.15, 0.2) is 12.3 Å². The van der Waals surface area contributed by atoms with Crippen LogP contribution >= 0.6 is 0 Å². The number of Topliss-reactive ketones (excluding diaryl/α,β-unsaturated/α-hetero) is 1. The number of aryl methyl sites for hydroxylation is 2. The quantitative estimate of drug-likeness (QED) is 0.685. The second kappa shape index (κ2) is 6.01. The number of aromatic nitrogens is 1. The van der Waals surface area contributed by atoms with Gasteiger partial charge >= 0.3 is 0 Å². The van der Waals surface area contributed by atoms with Crippen LogP contribution < -0.4 is 5.32 Å². The number of nitriles is 1. The number of nitrogens with zero attached hydrogens (tertiary/aromatic N) is 2. The summed E-state index contributed by atoms with van der Waals surface area (Å²) in [5, 5.41) is 11.7. The second-order valence-corrected chi connectivity index (χ2v) is 4.54. The van der Waals surface area contributed by atoms with Gasteiger partial charge in [-0.3, -0.25) is 9.59 Å². The Morgan fingerprint density at radius 2 is 2.14 bits per heavy atom. The summed E-state index contributed by atoms with van der Waals surface area (Å²) in [6, 6.07) is 8.79. The molecular formula is C15H13N3O3. The van der Waals surface area contributed by atoms with Gasteiger partial charge in [0, 0.05) is 5.69 Å². The zero-order valence-electron chi connectivity index (χ0n) is 11.6. The number of carbonyl (C=O) groups is 2. The molecule has 21 heavy (non-hydrogen) atoms. The van der Waals surface area contributed by atoms with Gasteiger partial charge in [-0.1, -0.05) is 12.1 Å². The SMILES string of the molecule is Cc1cccc(NC(=O)[C@H](C#N)C(=O)c2ncoc2C)c1. The highest BCUT2D eigenvalue weighted by Crippen LogP contribution is 2.15. The van der Waals surface area contributed by atoms with E-state index >= 15 is 0 Å². The first-order chi connectivity index (χ1) is 10.0. The summed E-state index contributed by atoms with van der Waals surface area (Å²) in [7, 11) is 0. The van der Waals surface area contributed by atoms with Gasteiger partial charge in [-0.25, -0.2) is 4.98 Å². The van der Waals surface area contributed by atoms with E-state index in [9.17, 15) is 9.59 Å².